The molecular formula is C28H30O10. The van der Waals surface area contributed by atoms with Crippen LogP contribution in [0.1, 0.15) is 46.5 Å². The number of Topliss-reactive ketones (excluding diaryl/α,β-unsaturated/α-hetero) is 2. The number of ether oxygens (including phenoxy) is 4. The Morgan fingerprint density at radius 1 is 1.11 bits per heavy atom. The number of ketones is 2. The number of hydrogen-bond acceptors (Lipinski definition) is 10. The molecule has 0 unspecified atom stereocenters. The quantitative estimate of drug-likeness (QED) is 0.429. The van der Waals surface area contributed by atoms with Crippen molar-refractivity contribution in [2.24, 2.45) is 34.5 Å². The number of hydrogen-bond donors (Lipinski definition) is 2. The molecule has 5 heterocycles. The average molecular weight is 527 g/mol. The molecule has 8 rings (SSSR count). The normalized spacial score (nSPS) is 59.2. The molecule has 5 bridgehead atoms. The maximum Gasteiger partial charge on any atom is 0.342 e. The summed E-state index contributed by atoms with van der Waals surface area (Å²) in [6.45, 7) is 5.07. The van der Waals surface area contributed by atoms with Crippen molar-refractivity contribution >= 4 is 23.5 Å². The number of carbonyl (C=O) groups excluding carboxylic acids is 4. The third kappa shape index (κ3) is 2.03. The second-order valence-corrected chi connectivity index (χ2v) is 13.2. The Hall–Kier alpha value is -2.40. The second-order valence-electron chi connectivity index (χ2n) is 13.2. The molecular weight excluding hydrogens is 496 g/mol. The predicted octanol–water partition coefficient (Wildman–Crippen LogP) is 0.528. The Morgan fingerprint density at radius 2 is 1.87 bits per heavy atom. The van der Waals surface area contributed by atoms with Crippen molar-refractivity contribution in [2.45, 2.75) is 81.3 Å². The smallest absolute Gasteiger partial charge is 0.342 e. The number of carbonyl (C=O) groups is 4. The van der Waals surface area contributed by atoms with Crippen molar-refractivity contribution in [1.82, 2.24) is 0 Å². The van der Waals surface area contributed by atoms with Gasteiger partial charge in [-0.2, -0.15) is 0 Å². The number of esters is 2. The van der Waals surface area contributed by atoms with E-state index in [1.807, 2.05) is 6.92 Å². The van der Waals surface area contributed by atoms with Crippen LogP contribution in [0.4, 0.5) is 0 Å². The van der Waals surface area contributed by atoms with Crippen LogP contribution in [0.2, 0.25) is 0 Å². The van der Waals surface area contributed by atoms with E-state index >= 15 is 0 Å². The molecule has 0 aromatic carbocycles. The highest BCUT2D eigenvalue weighted by Gasteiger charge is 2.93. The fraction of sp³-hybridized carbons (Fsp3) is 0.714. The van der Waals surface area contributed by atoms with E-state index in [2.05, 4.69) is 0 Å². The lowest BCUT2D eigenvalue weighted by atomic mass is 9.46. The maximum atomic E-state index is 14.8. The van der Waals surface area contributed by atoms with E-state index in [0.717, 1.165) is 0 Å². The molecule has 3 aliphatic carbocycles. The van der Waals surface area contributed by atoms with Gasteiger partial charge < -0.3 is 29.2 Å². The molecule has 12 atom stereocenters. The van der Waals surface area contributed by atoms with Gasteiger partial charge in [0.15, 0.2) is 22.6 Å². The molecule has 202 valence electrons. The highest BCUT2D eigenvalue weighted by atomic mass is 16.8. The summed E-state index contributed by atoms with van der Waals surface area (Å²) in [5.41, 5.74) is -7.17. The summed E-state index contributed by atoms with van der Waals surface area (Å²) in [5, 5.41) is 22.7. The van der Waals surface area contributed by atoms with Crippen molar-refractivity contribution < 1.29 is 48.3 Å². The number of allylic oxidation sites excluding steroid dienone is 2. The first-order chi connectivity index (χ1) is 17.8. The largest absolute Gasteiger partial charge is 0.458 e. The Morgan fingerprint density at radius 3 is 2.63 bits per heavy atom. The summed E-state index contributed by atoms with van der Waals surface area (Å²) in [6.07, 6.45) is 3.65. The third-order valence-electron chi connectivity index (χ3n) is 11.9. The second kappa shape index (κ2) is 6.32. The van der Waals surface area contributed by atoms with E-state index in [1.54, 1.807) is 32.1 Å². The van der Waals surface area contributed by atoms with Gasteiger partial charge in [-0.1, -0.05) is 25.2 Å². The molecule has 10 nitrogen and oxygen atoms in total. The Balaban J connectivity index is 1.43. The van der Waals surface area contributed by atoms with Gasteiger partial charge in [0.25, 0.3) is 0 Å². The molecule has 10 heteroatoms. The van der Waals surface area contributed by atoms with Gasteiger partial charge in [-0.05, 0) is 50.0 Å². The van der Waals surface area contributed by atoms with Crippen LogP contribution in [0.25, 0.3) is 0 Å². The summed E-state index contributed by atoms with van der Waals surface area (Å²) in [6, 6.07) is 0. The number of aliphatic hydroxyl groups excluding tert-OH is 1. The van der Waals surface area contributed by atoms with E-state index < -0.39 is 87.0 Å². The predicted molar refractivity (Wildman–Crippen MR) is 124 cm³/mol. The molecule has 8 aliphatic rings. The Labute approximate surface area is 218 Å². The molecule has 2 N–H and O–H groups in total. The molecule has 2 spiro atoms. The van der Waals surface area contributed by atoms with Crippen LogP contribution in [0.5, 0.6) is 0 Å². The summed E-state index contributed by atoms with van der Waals surface area (Å²) in [7, 11) is 0. The van der Waals surface area contributed by atoms with Gasteiger partial charge in [-0.25, -0.2) is 4.79 Å². The van der Waals surface area contributed by atoms with Gasteiger partial charge in [-0.15, -0.1) is 0 Å². The standard InChI is InChI=1S/C28H30O10/c1-23-10-18-25(3)28-19(23)20(31)27(38-28,35-11-16(23)21(32)36-18)15-5-4-12-8-13(29)9-17(30)24(12,2)14(15)6-7-26(28,34)22(33)37-25/h4-5,8,13-16,18-19,29,34H,6-7,9-11H2,1-3H3/t13-,14+,15-,16+,18-,19+,23-,24+,25+,26-,27-,28+/m1/s1. The van der Waals surface area contributed by atoms with Crippen LogP contribution in [0, 0.1) is 34.5 Å². The molecule has 0 radical (unpaired) electrons. The number of rotatable bonds is 0. The third-order valence-corrected chi connectivity index (χ3v) is 11.9. The van der Waals surface area contributed by atoms with E-state index in [0.29, 0.717) is 5.57 Å². The van der Waals surface area contributed by atoms with Gasteiger partial charge in [-0.3, -0.25) is 14.4 Å². The first-order valence-corrected chi connectivity index (χ1v) is 13.5. The molecule has 6 fully saturated rings. The summed E-state index contributed by atoms with van der Waals surface area (Å²) < 4.78 is 25.0. The van der Waals surface area contributed by atoms with E-state index in [1.165, 1.54) is 0 Å². The molecule has 0 amide bonds. The highest BCUT2D eigenvalue weighted by Crippen LogP contribution is 2.74. The van der Waals surface area contributed by atoms with Crippen LogP contribution in [0.15, 0.2) is 23.8 Å². The minimum absolute atomic E-state index is 0.0790. The molecule has 5 saturated heterocycles. The van der Waals surface area contributed by atoms with Gasteiger partial charge >= 0.3 is 11.9 Å². The monoisotopic (exact) mass is 526 g/mol. The van der Waals surface area contributed by atoms with Crippen LogP contribution in [-0.4, -0.2) is 75.1 Å². The van der Waals surface area contributed by atoms with E-state index in [-0.39, 0.29) is 38.1 Å². The topological polar surface area (TPSA) is 146 Å². The van der Waals surface area contributed by atoms with Crippen molar-refractivity contribution in [3.05, 3.63) is 23.8 Å². The lowest BCUT2D eigenvalue weighted by molar-refractivity contribution is -0.370. The first kappa shape index (κ1) is 23.5. The summed E-state index contributed by atoms with van der Waals surface area (Å²) >= 11 is 0. The summed E-state index contributed by atoms with van der Waals surface area (Å²) in [4.78, 5) is 55.4. The zero-order valence-electron chi connectivity index (χ0n) is 21.4. The first-order valence-electron chi connectivity index (χ1n) is 13.5. The minimum atomic E-state index is -2.23. The zero-order valence-corrected chi connectivity index (χ0v) is 21.4. The lowest BCUT2D eigenvalue weighted by Gasteiger charge is -2.62. The van der Waals surface area contributed by atoms with E-state index in [9.17, 15) is 29.4 Å². The van der Waals surface area contributed by atoms with Crippen LogP contribution < -0.4 is 0 Å². The average Bonchev–Trinajstić information content (AvgIpc) is 3.16. The van der Waals surface area contributed by atoms with Crippen molar-refractivity contribution in [1.29, 1.82) is 0 Å². The molecule has 5 aliphatic heterocycles. The highest BCUT2D eigenvalue weighted by molar-refractivity contribution is 6.00. The Bertz CT molecular complexity index is 1330. The lowest BCUT2D eigenvalue weighted by Crippen LogP contribution is -2.79. The number of aliphatic hydroxyl groups is 2. The summed E-state index contributed by atoms with van der Waals surface area (Å²) in [5.74, 6) is -7.21. The van der Waals surface area contributed by atoms with E-state index in [4.69, 9.17) is 18.9 Å². The number of fused-ring (bicyclic) bond motifs is 5. The van der Waals surface area contributed by atoms with Gasteiger partial charge in [0.1, 0.15) is 11.9 Å². The molecule has 1 saturated carbocycles. The molecule has 0 aromatic rings. The fourth-order valence-corrected chi connectivity index (χ4v) is 9.89. The minimum Gasteiger partial charge on any atom is -0.458 e. The van der Waals surface area contributed by atoms with Crippen molar-refractivity contribution in [3.63, 3.8) is 0 Å². The molecule has 0 aromatic heterocycles. The van der Waals surface area contributed by atoms with Crippen LogP contribution in [-0.2, 0) is 38.1 Å². The fourth-order valence-electron chi connectivity index (χ4n) is 9.89. The Kier molecular flexibility index (Phi) is 3.91. The van der Waals surface area contributed by atoms with Crippen molar-refractivity contribution in [2.75, 3.05) is 6.61 Å². The SMILES string of the molecule is C[C@]12C(=O)C[C@H](O)C=C1C=C[C@@H]1[C@@H]2CC[C@@]2(O)C(=O)O[C@@]3(C)[C@H]4C[C@]5(C)[C@@H](CO[C@@]16O[C@]23[C@H]5C6=O)C(=O)O4. The van der Waals surface area contributed by atoms with Crippen LogP contribution >= 0.6 is 0 Å². The van der Waals surface area contributed by atoms with Crippen molar-refractivity contribution in [3.8, 4) is 0 Å². The van der Waals surface area contributed by atoms with Crippen LogP contribution in [0.3, 0.4) is 0 Å². The zero-order chi connectivity index (χ0) is 26.8. The maximum absolute atomic E-state index is 14.8. The van der Waals surface area contributed by atoms with Gasteiger partial charge in [0.2, 0.25) is 5.79 Å². The van der Waals surface area contributed by atoms with Gasteiger partial charge in [0.05, 0.1) is 30.0 Å². The molecule has 38 heavy (non-hydrogen) atoms. The van der Waals surface area contributed by atoms with Gasteiger partial charge in [0, 0.05) is 12.3 Å².